The Labute approximate surface area is 150 Å². The first-order valence-corrected chi connectivity index (χ1v) is 9.04. The average Bonchev–Trinajstić information content (AvgIpc) is 2.57. The number of methoxy groups -OCH3 is 1. The lowest BCUT2D eigenvalue weighted by Gasteiger charge is -2.09. The molecule has 0 aliphatic carbocycles. The van der Waals surface area contributed by atoms with E-state index in [1.54, 1.807) is 0 Å². The molecule has 0 aliphatic heterocycles. The molecular weight excluding hydrogens is 371 g/mol. The molecule has 0 spiro atoms. The number of amides is 1. The largest absolute Gasteiger partial charge is 0.383 e. The lowest BCUT2D eigenvalue weighted by Crippen LogP contribution is -2.26. The van der Waals surface area contributed by atoms with Crippen LogP contribution in [0, 0.1) is 5.82 Å². The fraction of sp³-hybridized carbons (Fsp3) is 0.188. The molecule has 134 valence electrons. The maximum absolute atomic E-state index is 13.2. The van der Waals surface area contributed by atoms with Crippen LogP contribution in [-0.2, 0) is 14.8 Å². The summed E-state index contributed by atoms with van der Waals surface area (Å²) in [5, 5.41) is 2.37. The van der Waals surface area contributed by atoms with Crippen LogP contribution in [0.2, 0.25) is 5.02 Å². The highest BCUT2D eigenvalue weighted by molar-refractivity contribution is 7.92. The van der Waals surface area contributed by atoms with Crippen LogP contribution in [0.15, 0.2) is 47.4 Å². The van der Waals surface area contributed by atoms with Gasteiger partial charge >= 0.3 is 0 Å². The van der Waals surface area contributed by atoms with Crippen molar-refractivity contribution in [1.29, 1.82) is 0 Å². The van der Waals surface area contributed by atoms with Crippen molar-refractivity contribution in [3.8, 4) is 0 Å². The van der Waals surface area contributed by atoms with Crippen molar-refractivity contribution in [3.05, 3.63) is 58.9 Å². The number of hydrogen-bond donors (Lipinski definition) is 2. The van der Waals surface area contributed by atoms with E-state index in [9.17, 15) is 17.6 Å². The van der Waals surface area contributed by atoms with Crippen molar-refractivity contribution in [2.45, 2.75) is 4.90 Å². The second-order valence-electron chi connectivity index (χ2n) is 5.01. The highest BCUT2D eigenvalue weighted by Crippen LogP contribution is 2.22. The van der Waals surface area contributed by atoms with E-state index in [0.29, 0.717) is 18.7 Å². The minimum Gasteiger partial charge on any atom is -0.383 e. The molecule has 0 heterocycles. The molecule has 0 saturated carbocycles. The smallest absolute Gasteiger partial charge is 0.261 e. The molecule has 9 heteroatoms. The number of hydrogen-bond acceptors (Lipinski definition) is 4. The Hall–Kier alpha value is -2.16. The van der Waals surface area contributed by atoms with Crippen LogP contribution in [0.3, 0.4) is 0 Å². The van der Waals surface area contributed by atoms with Gasteiger partial charge in [-0.1, -0.05) is 11.6 Å². The lowest BCUT2D eigenvalue weighted by atomic mass is 10.2. The molecule has 0 aliphatic rings. The Morgan fingerprint density at radius 3 is 2.48 bits per heavy atom. The number of benzene rings is 2. The molecular formula is C16H16ClFN2O4S. The van der Waals surface area contributed by atoms with E-state index in [4.69, 9.17) is 16.3 Å². The molecule has 2 N–H and O–H groups in total. The van der Waals surface area contributed by atoms with Gasteiger partial charge < -0.3 is 10.1 Å². The molecule has 2 aromatic rings. The zero-order valence-corrected chi connectivity index (χ0v) is 14.8. The van der Waals surface area contributed by atoms with E-state index in [-0.39, 0.29) is 21.5 Å². The van der Waals surface area contributed by atoms with Crippen LogP contribution in [0.5, 0.6) is 0 Å². The number of rotatable bonds is 7. The predicted octanol–water partition coefficient (Wildman–Crippen LogP) is 2.66. The number of sulfonamides is 1. The van der Waals surface area contributed by atoms with Gasteiger partial charge in [0, 0.05) is 24.9 Å². The molecule has 0 aromatic heterocycles. The third-order valence-electron chi connectivity index (χ3n) is 3.19. The first kappa shape index (κ1) is 19.2. The molecule has 0 atom stereocenters. The second-order valence-corrected chi connectivity index (χ2v) is 7.10. The van der Waals surface area contributed by atoms with Gasteiger partial charge in [0.15, 0.2) is 0 Å². The zero-order valence-electron chi connectivity index (χ0n) is 13.3. The van der Waals surface area contributed by atoms with E-state index in [0.717, 1.165) is 18.2 Å². The molecule has 1 amide bonds. The second kappa shape index (κ2) is 8.28. The van der Waals surface area contributed by atoms with Gasteiger partial charge in [-0.25, -0.2) is 12.8 Å². The summed E-state index contributed by atoms with van der Waals surface area (Å²) in [5.41, 5.74) is 0.637. The third-order valence-corrected chi connectivity index (χ3v) is 4.86. The summed E-state index contributed by atoms with van der Waals surface area (Å²) in [6.07, 6.45) is 0. The van der Waals surface area contributed by atoms with E-state index in [2.05, 4.69) is 10.0 Å². The van der Waals surface area contributed by atoms with E-state index >= 15 is 0 Å². The van der Waals surface area contributed by atoms with Crippen molar-refractivity contribution in [2.75, 3.05) is 25.0 Å². The quantitative estimate of drug-likeness (QED) is 0.716. The summed E-state index contributed by atoms with van der Waals surface area (Å²) >= 11 is 5.61. The highest BCUT2D eigenvalue weighted by Gasteiger charge is 2.16. The zero-order chi connectivity index (χ0) is 18.4. The summed E-state index contributed by atoms with van der Waals surface area (Å²) in [7, 11) is -2.39. The molecule has 0 radical (unpaired) electrons. The van der Waals surface area contributed by atoms with Gasteiger partial charge in [-0.05, 0) is 42.5 Å². The van der Waals surface area contributed by atoms with Gasteiger partial charge in [-0.15, -0.1) is 0 Å². The van der Waals surface area contributed by atoms with Gasteiger partial charge in [-0.2, -0.15) is 0 Å². The number of anilines is 1. The molecule has 0 saturated heterocycles. The number of nitrogens with one attached hydrogen (secondary N) is 2. The molecule has 0 fully saturated rings. The van der Waals surface area contributed by atoms with Gasteiger partial charge in [0.25, 0.3) is 15.9 Å². The van der Waals surface area contributed by atoms with Crippen LogP contribution in [0.4, 0.5) is 10.1 Å². The molecule has 2 rings (SSSR count). The maximum atomic E-state index is 13.2. The van der Waals surface area contributed by atoms with E-state index in [1.807, 2.05) is 0 Å². The van der Waals surface area contributed by atoms with Crippen molar-refractivity contribution >= 4 is 33.2 Å². The SMILES string of the molecule is COCCNC(=O)c1ccc(NS(=O)(=O)c2ccc(F)c(Cl)c2)cc1. The summed E-state index contributed by atoms with van der Waals surface area (Å²) in [6, 6.07) is 8.99. The maximum Gasteiger partial charge on any atom is 0.261 e. The third kappa shape index (κ3) is 5.15. The van der Waals surface area contributed by atoms with Crippen LogP contribution in [0.25, 0.3) is 0 Å². The highest BCUT2D eigenvalue weighted by atomic mass is 35.5. The van der Waals surface area contributed by atoms with Crippen LogP contribution in [-0.4, -0.2) is 34.6 Å². The fourth-order valence-electron chi connectivity index (χ4n) is 1.92. The Morgan fingerprint density at radius 2 is 1.88 bits per heavy atom. The minimum atomic E-state index is -3.92. The van der Waals surface area contributed by atoms with Gasteiger partial charge in [-0.3, -0.25) is 9.52 Å². The molecule has 0 unspecified atom stereocenters. The van der Waals surface area contributed by atoms with Crippen LogP contribution < -0.4 is 10.0 Å². The molecule has 6 nitrogen and oxygen atoms in total. The Kier molecular flexibility index (Phi) is 6.35. The summed E-state index contributed by atoms with van der Waals surface area (Å²) < 4.78 is 44.9. The fourth-order valence-corrected chi connectivity index (χ4v) is 3.25. The molecule has 25 heavy (non-hydrogen) atoms. The Morgan fingerprint density at radius 1 is 1.20 bits per heavy atom. The van der Waals surface area contributed by atoms with Crippen molar-refractivity contribution in [3.63, 3.8) is 0 Å². The van der Waals surface area contributed by atoms with E-state index < -0.39 is 15.8 Å². The Bertz CT molecular complexity index is 857. The first-order chi connectivity index (χ1) is 11.8. The number of carbonyl (C=O) groups is 1. The normalized spacial score (nSPS) is 11.2. The van der Waals surface area contributed by atoms with Crippen LogP contribution >= 0.6 is 11.6 Å². The summed E-state index contributed by atoms with van der Waals surface area (Å²) in [5.74, 6) is -0.999. The van der Waals surface area contributed by atoms with Crippen LogP contribution in [0.1, 0.15) is 10.4 Å². The van der Waals surface area contributed by atoms with Crippen molar-refractivity contribution in [2.24, 2.45) is 0 Å². The number of halogens is 2. The molecule has 2 aromatic carbocycles. The van der Waals surface area contributed by atoms with Crippen molar-refractivity contribution in [1.82, 2.24) is 5.32 Å². The van der Waals surface area contributed by atoms with E-state index in [1.165, 1.54) is 31.4 Å². The number of carbonyl (C=O) groups excluding carboxylic acids is 1. The first-order valence-electron chi connectivity index (χ1n) is 7.18. The van der Waals surface area contributed by atoms with Gasteiger partial charge in [0.2, 0.25) is 0 Å². The van der Waals surface area contributed by atoms with Gasteiger partial charge in [0.05, 0.1) is 16.5 Å². The topological polar surface area (TPSA) is 84.5 Å². The Balaban J connectivity index is 2.09. The number of ether oxygens (including phenoxy) is 1. The lowest BCUT2D eigenvalue weighted by molar-refractivity contribution is 0.0937. The summed E-state index contributed by atoms with van der Waals surface area (Å²) in [4.78, 5) is 11.7. The average molecular weight is 387 g/mol. The summed E-state index contributed by atoms with van der Waals surface area (Å²) in [6.45, 7) is 0.763. The molecule has 0 bridgehead atoms. The minimum absolute atomic E-state index is 0.166. The monoisotopic (exact) mass is 386 g/mol. The predicted molar refractivity (Wildman–Crippen MR) is 92.9 cm³/mol. The standard InChI is InChI=1S/C16H16ClFN2O4S/c1-24-9-8-19-16(21)11-2-4-12(5-3-11)20-25(22,23)13-6-7-15(18)14(17)10-13/h2-7,10,20H,8-9H2,1H3,(H,19,21). The van der Waals surface area contributed by atoms with Gasteiger partial charge in [0.1, 0.15) is 5.82 Å². The van der Waals surface area contributed by atoms with Crippen molar-refractivity contribution < 1.29 is 22.3 Å².